The lowest BCUT2D eigenvalue weighted by atomic mass is 9.97. The van der Waals surface area contributed by atoms with Gasteiger partial charge in [-0.1, -0.05) is 6.58 Å². The highest BCUT2D eigenvalue weighted by molar-refractivity contribution is 7.09. The van der Waals surface area contributed by atoms with Crippen LogP contribution in [0.1, 0.15) is 36.4 Å². The Labute approximate surface area is 117 Å². The normalized spacial score (nSPS) is 18.1. The maximum atomic E-state index is 5.79. The molecule has 1 aromatic heterocycles. The number of halogens is 1. The molecule has 1 aliphatic rings. The summed E-state index contributed by atoms with van der Waals surface area (Å²) in [4.78, 5) is 11.1. The summed E-state index contributed by atoms with van der Waals surface area (Å²) in [6.07, 6.45) is 3.88. The van der Waals surface area contributed by atoms with E-state index in [0.717, 1.165) is 37.5 Å². The third kappa shape index (κ3) is 3.12. The first-order chi connectivity index (χ1) is 8.74. The smallest absolute Gasteiger partial charge is 0.101 e. The molecule has 0 bridgehead atoms. The van der Waals surface area contributed by atoms with Crippen LogP contribution in [-0.2, 0) is 5.88 Å². The number of thiazole rings is 1. The summed E-state index contributed by atoms with van der Waals surface area (Å²) in [5.74, 6) is 2.16. The van der Waals surface area contributed by atoms with Crippen LogP contribution >= 0.6 is 22.9 Å². The number of hydrogen-bond donors (Lipinski definition) is 0. The maximum absolute atomic E-state index is 5.79. The molecule has 0 aliphatic carbocycles. The van der Waals surface area contributed by atoms with Gasteiger partial charge in [0, 0.05) is 30.6 Å². The van der Waals surface area contributed by atoms with Crippen molar-refractivity contribution in [3.8, 4) is 0 Å². The van der Waals surface area contributed by atoms with Gasteiger partial charge < -0.3 is 4.90 Å². The molecule has 0 aromatic carbocycles. The fraction of sp³-hybridized carbons (Fsp3) is 0.538. The number of nitrogens with zero attached hydrogens (tertiary/aromatic N) is 3. The van der Waals surface area contributed by atoms with Crippen LogP contribution in [0.4, 0.5) is 0 Å². The molecule has 98 valence electrons. The number of rotatable bonds is 3. The highest BCUT2D eigenvalue weighted by Crippen LogP contribution is 2.30. The van der Waals surface area contributed by atoms with Gasteiger partial charge in [0.15, 0.2) is 0 Å². The fourth-order valence-electron chi connectivity index (χ4n) is 2.24. The Morgan fingerprint density at radius 3 is 2.94 bits per heavy atom. The van der Waals surface area contributed by atoms with Gasteiger partial charge >= 0.3 is 0 Å². The molecule has 18 heavy (non-hydrogen) atoms. The number of hydrogen-bond acceptors (Lipinski definition) is 3. The molecular formula is C13H18ClN3S. The Bertz CT molecular complexity index is 433. The zero-order valence-corrected chi connectivity index (χ0v) is 12.2. The van der Waals surface area contributed by atoms with Crippen molar-refractivity contribution in [3.63, 3.8) is 0 Å². The van der Waals surface area contributed by atoms with E-state index < -0.39 is 0 Å². The van der Waals surface area contributed by atoms with Gasteiger partial charge in [0.2, 0.25) is 0 Å². The monoisotopic (exact) mass is 283 g/mol. The molecule has 2 rings (SSSR count). The Morgan fingerprint density at radius 2 is 2.39 bits per heavy atom. The van der Waals surface area contributed by atoms with E-state index >= 15 is 0 Å². The van der Waals surface area contributed by atoms with Crippen molar-refractivity contribution in [1.29, 1.82) is 0 Å². The molecule has 1 aromatic rings. The predicted octanol–water partition coefficient (Wildman–Crippen LogP) is 3.62. The predicted molar refractivity (Wildman–Crippen MR) is 78.5 cm³/mol. The molecule has 5 heteroatoms. The van der Waals surface area contributed by atoms with E-state index in [2.05, 4.69) is 26.8 Å². The first-order valence-electron chi connectivity index (χ1n) is 6.15. The SMILES string of the molecule is C=CN=C(C)N1CCC(c2nc(CCl)cs2)CC1. The van der Waals surface area contributed by atoms with Crippen LogP contribution in [0.2, 0.25) is 0 Å². The van der Waals surface area contributed by atoms with Crippen LogP contribution in [0.3, 0.4) is 0 Å². The summed E-state index contributed by atoms with van der Waals surface area (Å²) >= 11 is 7.53. The zero-order chi connectivity index (χ0) is 13.0. The van der Waals surface area contributed by atoms with Crippen LogP contribution in [-0.4, -0.2) is 28.8 Å². The second kappa shape index (κ2) is 6.34. The molecular weight excluding hydrogens is 266 g/mol. The van der Waals surface area contributed by atoms with Gasteiger partial charge in [-0.25, -0.2) is 9.98 Å². The summed E-state index contributed by atoms with van der Waals surface area (Å²) in [6, 6.07) is 0. The van der Waals surface area contributed by atoms with Crippen LogP contribution in [0.25, 0.3) is 0 Å². The molecule has 0 N–H and O–H groups in total. The second-order valence-corrected chi connectivity index (χ2v) is 5.59. The van der Waals surface area contributed by atoms with Crippen molar-refractivity contribution >= 4 is 28.8 Å². The first kappa shape index (κ1) is 13.6. The van der Waals surface area contributed by atoms with Gasteiger partial charge in [-0.15, -0.1) is 22.9 Å². The lowest BCUT2D eigenvalue weighted by molar-refractivity contribution is 0.311. The molecule has 3 nitrogen and oxygen atoms in total. The Kier molecular flexibility index (Phi) is 4.78. The minimum Gasteiger partial charge on any atom is -0.360 e. The molecule has 0 amide bonds. The highest BCUT2D eigenvalue weighted by atomic mass is 35.5. The lowest BCUT2D eigenvalue weighted by Gasteiger charge is -2.32. The quantitative estimate of drug-likeness (QED) is 0.481. The van der Waals surface area contributed by atoms with Crippen LogP contribution in [0.15, 0.2) is 23.2 Å². The van der Waals surface area contributed by atoms with Crippen LogP contribution in [0.5, 0.6) is 0 Å². The topological polar surface area (TPSA) is 28.5 Å². The third-order valence-electron chi connectivity index (χ3n) is 3.29. The fourth-order valence-corrected chi connectivity index (χ4v) is 3.45. The summed E-state index contributed by atoms with van der Waals surface area (Å²) in [5, 5.41) is 3.31. The van der Waals surface area contributed by atoms with Crippen molar-refractivity contribution in [3.05, 3.63) is 28.9 Å². The molecule has 0 spiro atoms. The number of piperidine rings is 1. The number of likely N-dealkylation sites (tertiary alicyclic amines) is 1. The summed E-state index contributed by atoms with van der Waals surface area (Å²) in [7, 11) is 0. The van der Waals surface area contributed by atoms with Gasteiger partial charge in [-0.3, -0.25) is 0 Å². The number of alkyl halides is 1. The average Bonchev–Trinajstić information content (AvgIpc) is 2.88. The average molecular weight is 284 g/mol. The van der Waals surface area contributed by atoms with Crippen molar-refractivity contribution in [2.75, 3.05) is 13.1 Å². The van der Waals surface area contributed by atoms with Crippen LogP contribution < -0.4 is 0 Å². The van der Waals surface area contributed by atoms with E-state index in [4.69, 9.17) is 11.6 Å². The third-order valence-corrected chi connectivity index (χ3v) is 4.62. The number of aromatic nitrogens is 1. The molecule has 0 unspecified atom stereocenters. The largest absolute Gasteiger partial charge is 0.360 e. The van der Waals surface area contributed by atoms with Crippen LogP contribution in [0, 0.1) is 0 Å². The molecule has 0 saturated carbocycles. The van der Waals surface area contributed by atoms with Crippen molar-refractivity contribution in [2.45, 2.75) is 31.6 Å². The number of aliphatic imine (C=N–C) groups is 1. The van der Waals surface area contributed by atoms with E-state index in [9.17, 15) is 0 Å². The van der Waals surface area contributed by atoms with E-state index in [1.54, 1.807) is 17.5 Å². The van der Waals surface area contributed by atoms with Crippen molar-refractivity contribution in [1.82, 2.24) is 9.88 Å². The first-order valence-corrected chi connectivity index (χ1v) is 7.56. The maximum Gasteiger partial charge on any atom is 0.101 e. The second-order valence-electron chi connectivity index (χ2n) is 4.43. The van der Waals surface area contributed by atoms with Crippen molar-refractivity contribution < 1.29 is 0 Å². The Morgan fingerprint density at radius 1 is 1.67 bits per heavy atom. The Hall–Kier alpha value is -0.870. The standard InChI is InChI=1S/C13H18ClN3S/c1-3-15-10(2)17-6-4-11(5-7-17)13-16-12(8-14)9-18-13/h3,9,11H,1,4-8H2,2H3. The van der Waals surface area contributed by atoms with E-state index in [0.29, 0.717) is 11.8 Å². The van der Waals surface area contributed by atoms with Gasteiger partial charge in [0.25, 0.3) is 0 Å². The summed E-state index contributed by atoms with van der Waals surface area (Å²) < 4.78 is 0. The molecule has 1 aliphatic heterocycles. The number of amidine groups is 1. The molecule has 0 atom stereocenters. The van der Waals surface area contributed by atoms with E-state index in [1.165, 1.54) is 5.01 Å². The molecule has 0 radical (unpaired) electrons. The van der Waals surface area contributed by atoms with Gasteiger partial charge in [0.1, 0.15) is 5.84 Å². The minimum atomic E-state index is 0.514. The summed E-state index contributed by atoms with van der Waals surface area (Å²) in [5.41, 5.74) is 1.00. The van der Waals surface area contributed by atoms with E-state index in [-0.39, 0.29) is 0 Å². The Balaban J connectivity index is 1.94. The van der Waals surface area contributed by atoms with Crippen molar-refractivity contribution in [2.24, 2.45) is 4.99 Å². The zero-order valence-electron chi connectivity index (χ0n) is 10.6. The summed E-state index contributed by atoms with van der Waals surface area (Å²) in [6.45, 7) is 7.76. The molecule has 1 fully saturated rings. The lowest BCUT2D eigenvalue weighted by Crippen LogP contribution is -2.36. The molecule has 1 saturated heterocycles. The van der Waals surface area contributed by atoms with Gasteiger partial charge in [-0.05, 0) is 19.8 Å². The van der Waals surface area contributed by atoms with Gasteiger partial charge in [0.05, 0.1) is 16.6 Å². The minimum absolute atomic E-state index is 0.514. The van der Waals surface area contributed by atoms with Gasteiger partial charge in [-0.2, -0.15) is 0 Å². The molecule has 2 heterocycles. The van der Waals surface area contributed by atoms with E-state index in [1.807, 2.05) is 6.92 Å². The highest BCUT2D eigenvalue weighted by Gasteiger charge is 2.23.